The minimum Gasteiger partial charge on any atom is -0.379 e. The van der Waals surface area contributed by atoms with E-state index in [1.54, 1.807) is 0 Å². The Balaban J connectivity index is 1.39. The van der Waals surface area contributed by atoms with Gasteiger partial charge in [0.25, 0.3) is 5.91 Å². The van der Waals surface area contributed by atoms with E-state index in [4.69, 9.17) is 4.74 Å². The monoisotopic (exact) mass is 377 g/mol. The molecule has 2 saturated heterocycles. The number of rotatable bonds is 5. The average Bonchev–Trinajstić information content (AvgIpc) is 3.18. The van der Waals surface area contributed by atoms with Crippen molar-refractivity contribution in [1.29, 1.82) is 0 Å². The fraction of sp³-hybridized carbons (Fsp3) is 0.611. The van der Waals surface area contributed by atoms with Gasteiger partial charge in [-0.2, -0.15) is 0 Å². The Morgan fingerprint density at radius 2 is 2.00 bits per heavy atom. The van der Waals surface area contributed by atoms with Crippen molar-refractivity contribution in [2.45, 2.75) is 56.1 Å². The van der Waals surface area contributed by atoms with Gasteiger partial charge in [0.05, 0.1) is 23.6 Å². The minimum absolute atomic E-state index is 0.0674. The number of ether oxygens (including phenoxy) is 1. The Morgan fingerprint density at radius 3 is 2.73 bits per heavy atom. The van der Waals surface area contributed by atoms with E-state index in [0.717, 1.165) is 23.3 Å². The van der Waals surface area contributed by atoms with Crippen LogP contribution in [-0.4, -0.2) is 49.1 Å². The van der Waals surface area contributed by atoms with Gasteiger partial charge in [0.1, 0.15) is 6.04 Å². The molecule has 3 aliphatic rings. The smallest absolute Gasteiger partial charge is 0.261 e. The highest BCUT2D eigenvalue weighted by atomic mass is 32.1. The van der Waals surface area contributed by atoms with E-state index in [1.807, 2.05) is 11.4 Å². The summed E-state index contributed by atoms with van der Waals surface area (Å²) in [7, 11) is 0. The molecular formula is C18H23N3O4S. The molecule has 1 aliphatic carbocycles. The first-order chi connectivity index (χ1) is 12.6. The number of thiophene rings is 1. The lowest BCUT2D eigenvalue weighted by molar-refractivity contribution is -0.127. The van der Waals surface area contributed by atoms with E-state index in [2.05, 4.69) is 16.0 Å². The number of nitrogens with one attached hydrogen (secondary N) is 3. The molecule has 0 unspecified atom stereocenters. The van der Waals surface area contributed by atoms with E-state index in [1.165, 1.54) is 11.3 Å². The Hall–Kier alpha value is -1.93. The molecule has 8 heteroatoms. The van der Waals surface area contributed by atoms with Crippen molar-refractivity contribution < 1.29 is 19.1 Å². The van der Waals surface area contributed by atoms with Crippen LogP contribution in [0.2, 0.25) is 0 Å². The summed E-state index contributed by atoms with van der Waals surface area (Å²) in [5, 5.41) is 10.7. The predicted octanol–water partition coefficient (Wildman–Crippen LogP) is 0.908. The lowest BCUT2D eigenvalue weighted by atomic mass is 10.0. The summed E-state index contributed by atoms with van der Waals surface area (Å²) in [4.78, 5) is 37.2. The summed E-state index contributed by atoms with van der Waals surface area (Å²) in [5.41, 5.74) is 1.15. The molecule has 1 aromatic heterocycles. The van der Waals surface area contributed by atoms with Crippen molar-refractivity contribution in [2.24, 2.45) is 0 Å². The predicted molar refractivity (Wildman–Crippen MR) is 96.1 cm³/mol. The molecule has 7 nitrogen and oxygen atoms in total. The Labute approximate surface area is 155 Å². The van der Waals surface area contributed by atoms with Crippen LogP contribution in [0.3, 0.4) is 0 Å². The van der Waals surface area contributed by atoms with Crippen molar-refractivity contribution in [3.8, 4) is 0 Å². The van der Waals surface area contributed by atoms with Gasteiger partial charge < -0.3 is 20.7 Å². The van der Waals surface area contributed by atoms with Crippen LogP contribution < -0.4 is 16.0 Å². The van der Waals surface area contributed by atoms with E-state index in [-0.39, 0.29) is 29.8 Å². The number of amides is 3. The van der Waals surface area contributed by atoms with Crippen LogP contribution >= 0.6 is 11.3 Å². The first-order valence-electron chi connectivity index (χ1n) is 9.17. The van der Waals surface area contributed by atoms with Gasteiger partial charge in [0.15, 0.2) is 0 Å². The lowest BCUT2D eigenvalue weighted by Gasteiger charge is -2.33. The zero-order valence-electron chi connectivity index (χ0n) is 14.5. The van der Waals surface area contributed by atoms with Gasteiger partial charge >= 0.3 is 0 Å². The second kappa shape index (κ2) is 7.36. The number of hydrogen-bond donors (Lipinski definition) is 3. The van der Waals surface area contributed by atoms with Crippen molar-refractivity contribution in [2.75, 3.05) is 13.2 Å². The third kappa shape index (κ3) is 3.76. The second-order valence-corrected chi connectivity index (χ2v) is 8.11. The molecule has 0 radical (unpaired) electrons. The van der Waals surface area contributed by atoms with Crippen LogP contribution in [-0.2, 0) is 14.3 Å². The molecule has 0 aromatic carbocycles. The fourth-order valence-electron chi connectivity index (χ4n) is 3.60. The molecule has 3 atom stereocenters. The van der Waals surface area contributed by atoms with Crippen molar-refractivity contribution >= 4 is 29.1 Å². The summed E-state index contributed by atoms with van der Waals surface area (Å²) in [6.07, 6.45) is 3.84. The molecule has 3 heterocycles. The molecule has 0 spiro atoms. The van der Waals surface area contributed by atoms with E-state index in [0.29, 0.717) is 38.4 Å². The summed E-state index contributed by atoms with van der Waals surface area (Å²) >= 11 is 1.47. The van der Waals surface area contributed by atoms with Crippen LogP contribution in [0.5, 0.6) is 0 Å². The third-order valence-electron chi connectivity index (χ3n) is 5.23. The molecule has 3 N–H and O–H groups in total. The van der Waals surface area contributed by atoms with Gasteiger partial charge in [-0.1, -0.05) is 0 Å². The summed E-state index contributed by atoms with van der Waals surface area (Å²) in [6, 6.07) is 1.09. The zero-order valence-corrected chi connectivity index (χ0v) is 15.3. The minimum atomic E-state index is -0.487. The Kier molecular flexibility index (Phi) is 4.95. The van der Waals surface area contributed by atoms with Gasteiger partial charge in [-0.3, -0.25) is 14.4 Å². The van der Waals surface area contributed by atoms with Crippen LogP contribution in [0.25, 0.3) is 0 Å². The number of carbonyl (C=O) groups is 3. The molecule has 4 rings (SSSR count). The highest BCUT2D eigenvalue weighted by molar-refractivity contribution is 7.12. The maximum absolute atomic E-state index is 12.7. The summed E-state index contributed by atoms with van der Waals surface area (Å²) in [5.74, 6) is 0.154. The second-order valence-electron chi connectivity index (χ2n) is 7.20. The Morgan fingerprint density at radius 1 is 1.15 bits per heavy atom. The van der Waals surface area contributed by atoms with E-state index >= 15 is 0 Å². The first kappa shape index (κ1) is 17.5. The molecular weight excluding hydrogens is 354 g/mol. The standard InChI is InChI=1S/C18H23N3O4S/c22-15-4-3-13(19-15)17(23)21-14-9-25-7-5-12(14)20-18(24)16-11(6-8-26-16)10-1-2-10/h6,8,10,12-14H,1-5,7,9H2,(H,19,22)(H,20,24)(H,21,23)/t12-,13-,14+/m0/s1. The summed E-state index contributed by atoms with van der Waals surface area (Å²) in [6.45, 7) is 0.911. The van der Waals surface area contributed by atoms with Gasteiger partial charge in [-0.05, 0) is 48.6 Å². The van der Waals surface area contributed by atoms with Crippen LogP contribution in [0.15, 0.2) is 11.4 Å². The maximum Gasteiger partial charge on any atom is 0.261 e. The van der Waals surface area contributed by atoms with Gasteiger partial charge in [-0.25, -0.2) is 0 Å². The molecule has 26 heavy (non-hydrogen) atoms. The molecule has 1 aromatic rings. The highest BCUT2D eigenvalue weighted by Crippen LogP contribution is 2.43. The molecule has 0 bridgehead atoms. The molecule has 3 fully saturated rings. The quantitative estimate of drug-likeness (QED) is 0.711. The zero-order chi connectivity index (χ0) is 18.1. The highest BCUT2D eigenvalue weighted by Gasteiger charge is 2.34. The van der Waals surface area contributed by atoms with E-state index in [9.17, 15) is 14.4 Å². The topological polar surface area (TPSA) is 96.5 Å². The SMILES string of the molecule is O=C1CC[C@@H](C(=O)N[C@@H]2COCC[C@@H]2NC(=O)c2sccc2C2CC2)N1. The fourth-order valence-corrected chi connectivity index (χ4v) is 4.49. The van der Waals surface area contributed by atoms with Crippen molar-refractivity contribution in [3.05, 3.63) is 21.9 Å². The average molecular weight is 377 g/mol. The molecule has 2 aliphatic heterocycles. The molecule has 1 saturated carbocycles. The van der Waals surface area contributed by atoms with Gasteiger partial charge in [0.2, 0.25) is 11.8 Å². The number of carbonyl (C=O) groups excluding carboxylic acids is 3. The Bertz CT molecular complexity index is 715. The first-order valence-corrected chi connectivity index (χ1v) is 10.1. The molecule has 3 amide bonds. The number of hydrogen-bond acceptors (Lipinski definition) is 5. The lowest BCUT2D eigenvalue weighted by Crippen LogP contribution is -2.58. The molecule has 140 valence electrons. The normalized spacial score (nSPS) is 28.5. The van der Waals surface area contributed by atoms with Crippen molar-refractivity contribution in [3.63, 3.8) is 0 Å². The van der Waals surface area contributed by atoms with Crippen molar-refractivity contribution in [1.82, 2.24) is 16.0 Å². The maximum atomic E-state index is 12.7. The van der Waals surface area contributed by atoms with Crippen LogP contribution in [0.1, 0.15) is 53.3 Å². The van der Waals surface area contributed by atoms with Gasteiger partial charge in [0, 0.05) is 13.0 Å². The largest absolute Gasteiger partial charge is 0.379 e. The van der Waals surface area contributed by atoms with Crippen LogP contribution in [0, 0.1) is 0 Å². The summed E-state index contributed by atoms with van der Waals surface area (Å²) < 4.78 is 5.49. The van der Waals surface area contributed by atoms with Crippen LogP contribution in [0.4, 0.5) is 0 Å². The van der Waals surface area contributed by atoms with Gasteiger partial charge in [-0.15, -0.1) is 11.3 Å². The third-order valence-corrected chi connectivity index (χ3v) is 6.16. The van der Waals surface area contributed by atoms with E-state index < -0.39 is 6.04 Å².